The first kappa shape index (κ1) is 12.3. The van der Waals surface area contributed by atoms with Crippen LogP contribution in [0.5, 0.6) is 0 Å². The van der Waals surface area contributed by atoms with Gasteiger partial charge in [0.05, 0.1) is 0 Å². The number of allylic oxidation sites excluding steroid dienone is 1. The van der Waals surface area contributed by atoms with Gasteiger partial charge >= 0.3 is 0 Å². The monoisotopic (exact) mass is 270 g/mol. The molecule has 1 aromatic carbocycles. The minimum Gasteiger partial charge on any atom is -0.444 e. The SMILES string of the molecule is C=C(C)c1cc(-c2coc(-c3ccc(F)cc3)n2)on1. The van der Waals surface area contributed by atoms with Gasteiger partial charge in [-0.3, -0.25) is 0 Å². The first-order valence-corrected chi connectivity index (χ1v) is 5.98. The van der Waals surface area contributed by atoms with Gasteiger partial charge in [-0.1, -0.05) is 11.7 Å². The van der Waals surface area contributed by atoms with Crippen LogP contribution in [0.3, 0.4) is 0 Å². The van der Waals surface area contributed by atoms with Crippen LogP contribution in [0.2, 0.25) is 0 Å². The van der Waals surface area contributed by atoms with Gasteiger partial charge in [0.25, 0.3) is 0 Å². The summed E-state index contributed by atoms with van der Waals surface area (Å²) < 4.78 is 23.4. The van der Waals surface area contributed by atoms with Gasteiger partial charge in [-0.05, 0) is 36.8 Å². The van der Waals surface area contributed by atoms with Crippen LogP contribution in [-0.4, -0.2) is 10.1 Å². The van der Waals surface area contributed by atoms with Crippen LogP contribution in [0.1, 0.15) is 12.6 Å². The number of aromatic nitrogens is 2. The highest BCUT2D eigenvalue weighted by molar-refractivity contribution is 5.64. The molecule has 0 atom stereocenters. The number of nitrogens with zero attached hydrogens (tertiary/aromatic N) is 2. The molecule has 0 aliphatic heterocycles. The van der Waals surface area contributed by atoms with Crippen LogP contribution in [0.4, 0.5) is 4.39 Å². The molecule has 0 saturated carbocycles. The summed E-state index contributed by atoms with van der Waals surface area (Å²) in [5.74, 6) is 0.593. The molecule has 0 spiro atoms. The van der Waals surface area contributed by atoms with Crippen molar-refractivity contribution in [3.63, 3.8) is 0 Å². The normalized spacial score (nSPS) is 10.7. The highest BCUT2D eigenvalue weighted by Crippen LogP contribution is 2.26. The zero-order chi connectivity index (χ0) is 14.1. The van der Waals surface area contributed by atoms with E-state index in [4.69, 9.17) is 8.94 Å². The summed E-state index contributed by atoms with van der Waals surface area (Å²) in [6.07, 6.45) is 1.47. The Labute approximate surface area is 114 Å². The molecule has 0 saturated heterocycles. The molecule has 0 bridgehead atoms. The average Bonchev–Trinajstić information content (AvgIpc) is 3.08. The fraction of sp³-hybridized carbons (Fsp3) is 0.0667. The van der Waals surface area contributed by atoms with Crippen LogP contribution in [0, 0.1) is 5.82 Å². The van der Waals surface area contributed by atoms with E-state index in [0.717, 1.165) is 5.57 Å². The number of benzene rings is 1. The van der Waals surface area contributed by atoms with E-state index in [-0.39, 0.29) is 5.82 Å². The second-order valence-corrected chi connectivity index (χ2v) is 4.40. The molecule has 100 valence electrons. The lowest BCUT2D eigenvalue weighted by atomic mass is 10.2. The third kappa shape index (κ3) is 2.25. The topological polar surface area (TPSA) is 52.1 Å². The van der Waals surface area contributed by atoms with Crippen molar-refractivity contribution in [1.82, 2.24) is 10.1 Å². The molecule has 3 rings (SSSR count). The Balaban J connectivity index is 1.93. The lowest BCUT2D eigenvalue weighted by molar-refractivity contribution is 0.428. The number of hydrogen-bond acceptors (Lipinski definition) is 4. The predicted octanol–water partition coefficient (Wildman–Crippen LogP) is 4.17. The second kappa shape index (κ2) is 4.77. The third-order valence-corrected chi connectivity index (χ3v) is 2.80. The van der Waals surface area contributed by atoms with Gasteiger partial charge < -0.3 is 8.94 Å². The van der Waals surface area contributed by atoms with Gasteiger partial charge in [-0.15, -0.1) is 0 Å². The largest absolute Gasteiger partial charge is 0.444 e. The van der Waals surface area contributed by atoms with E-state index in [1.54, 1.807) is 18.2 Å². The molecule has 2 heterocycles. The summed E-state index contributed by atoms with van der Waals surface area (Å²) in [5.41, 5.74) is 2.70. The lowest BCUT2D eigenvalue weighted by Gasteiger charge is -1.93. The number of rotatable bonds is 3. The van der Waals surface area contributed by atoms with Crippen LogP contribution < -0.4 is 0 Å². The first-order valence-electron chi connectivity index (χ1n) is 5.98. The standard InChI is InChI=1S/C15H11FN2O2/c1-9(2)12-7-14(20-18-12)13-8-19-15(17-13)10-3-5-11(16)6-4-10/h3-8H,1H2,2H3. The van der Waals surface area contributed by atoms with Crippen molar-refractivity contribution in [3.05, 3.63) is 54.7 Å². The molecule has 4 nitrogen and oxygen atoms in total. The van der Waals surface area contributed by atoms with Crippen molar-refractivity contribution < 1.29 is 13.3 Å². The quantitative estimate of drug-likeness (QED) is 0.716. The molecule has 5 heteroatoms. The Morgan fingerprint density at radius 2 is 2.00 bits per heavy atom. The van der Waals surface area contributed by atoms with Gasteiger partial charge in [0.15, 0.2) is 5.76 Å². The van der Waals surface area contributed by atoms with Gasteiger partial charge in [0.1, 0.15) is 23.5 Å². The number of hydrogen-bond donors (Lipinski definition) is 0. The van der Waals surface area contributed by atoms with Gasteiger partial charge in [0, 0.05) is 11.6 Å². The zero-order valence-electron chi connectivity index (χ0n) is 10.8. The molecule has 20 heavy (non-hydrogen) atoms. The summed E-state index contributed by atoms with van der Waals surface area (Å²) >= 11 is 0. The van der Waals surface area contributed by atoms with Crippen molar-refractivity contribution in [2.75, 3.05) is 0 Å². The van der Waals surface area contributed by atoms with E-state index in [1.807, 2.05) is 6.92 Å². The van der Waals surface area contributed by atoms with Crippen LogP contribution in [-0.2, 0) is 0 Å². The van der Waals surface area contributed by atoms with Gasteiger partial charge in [-0.2, -0.15) is 0 Å². The molecule has 3 aromatic rings. The summed E-state index contributed by atoms with van der Waals surface area (Å²) in [5, 5.41) is 3.88. The lowest BCUT2D eigenvalue weighted by Crippen LogP contribution is -1.79. The molecule has 2 aromatic heterocycles. The molecule has 0 aliphatic rings. The molecular formula is C15H11FN2O2. The Hall–Kier alpha value is -2.69. The molecule has 0 radical (unpaired) electrons. The van der Waals surface area contributed by atoms with Crippen molar-refractivity contribution in [1.29, 1.82) is 0 Å². The first-order chi connectivity index (χ1) is 9.63. The van der Waals surface area contributed by atoms with Crippen molar-refractivity contribution in [2.24, 2.45) is 0 Å². The zero-order valence-corrected chi connectivity index (χ0v) is 10.8. The minimum absolute atomic E-state index is 0.304. The molecule has 0 amide bonds. The van der Waals surface area contributed by atoms with E-state index in [1.165, 1.54) is 18.4 Å². The molecule has 0 unspecified atom stereocenters. The summed E-state index contributed by atoms with van der Waals surface area (Å²) in [4.78, 5) is 4.30. The van der Waals surface area contributed by atoms with Crippen LogP contribution >= 0.6 is 0 Å². The predicted molar refractivity (Wildman–Crippen MR) is 72.1 cm³/mol. The highest BCUT2D eigenvalue weighted by atomic mass is 19.1. The second-order valence-electron chi connectivity index (χ2n) is 4.40. The smallest absolute Gasteiger partial charge is 0.226 e. The summed E-state index contributed by atoms with van der Waals surface area (Å²) in [6.45, 7) is 5.63. The summed E-state index contributed by atoms with van der Waals surface area (Å²) in [6, 6.07) is 7.66. The maximum Gasteiger partial charge on any atom is 0.226 e. The highest BCUT2D eigenvalue weighted by Gasteiger charge is 2.13. The third-order valence-electron chi connectivity index (χ3n) is 2.80. The number of halogens is 1. The molecule has 0 aliphatic carbocycles. The van der Waals surface area contributed by atoms with Gasteiger partial charge in [0.2, 0.25) is 5.89 Å². The maximum absolute atomic E-state index is 12.9. The van der Waals surface area contributed by atoms with Crippen molar-refractivity contribution in [3.8, 4) is 22.9 Å². The van der Waals surface area contributed by atoms with E-state index >= 15 is 0 Å². The van der Waals surface area contributed by atoms with E-state index in [9.17, 15) is 4.39 Å². The van der Waals surface area contributed by atoms with Crippen LogP contribution in [0.25, 0.3) is 28.5 Å². The van der Waals surface area contributed by atoms with E-state index in [2.05, 4.69) is 16.7 Å². The Morgan fingerprint density at radius 3 is 2.65 bits per heavy atom. The van der Waals surface area contributed by atoms with Crippen molar-refractivity contribution >= 4 is 5.57 Å². The average molecular weight is 270 g/mol. The summed E-state index contributed by atoms with van der Waals surface area (Å²) in [7, 11) is 0. The van der Waals surface area contributed by atoms with Gasteiger partial charge in [-0.25, -0.2) is 9.37 Å². The molecule has 0 N–H and O–H groups in total. The van der Waals surface area contributed by atoms with Crippen molar-refractivity contribution in [2.45, 2.75) is 6.92 Å². The maximum atomic E-state index is 12.9. The van der Waals surface area contributed by atoms with E-state index < -0.39 is 0 Å². The minimum atomic E-state index is -0.304. The fourth-order valence-electron chi connectivity index (χ4n) is 1.71. The van der Waals surface area contributed by atoms with Crippen LogP contribution in [0.15, 0.2) is 52.1 Å². The fourth-order valence-corrected chi connectivity index (χ4v) is 1.71. The van der Waals surface area contributed by atoms with E-state index in [0.29, 0.717) is 28.6 Å². The Kier molecular flexibility index (Phi) is 2.95. The number of oxazole rings is 1. The Bertz CT molecular complexity index is 756. The molecular weight excluding hydrogens is 259 g/mol. The Morgan fingerprint density at radius 1 is 1.25 bits per heavy atom. The molecule has 0 fully saturated rings.